The van der Waals surface area contributed by atoms with Crippen LogP contribution in [0.3, 0.4) is 0 Å². The zero-order chi connectivity index (χ0) is 17.5. The Labute approximate surface area is 191 Å². The molecule has 0 heterocycles. The number of unbranched alkanes of at least 4 members (excludes halogenated alkanes) is 9. The third kappa shape index (κ3) is 49.6. The van der Waals surface area contributed by atoms with E-state index in [9.17, 15) is 13.0 Å². The van der Waals surface area contributed by atoms with Crippen molar-refractivity contribution in [1.82, 2.24) is 0 Å². The standard InChI is InChI=1S/C12H26O4S.2Na.H3O4Si/c1-2-3-4-5-6-7-8-9-10-11-12-16-17(13,14)15;;;1-5(2,3)4/h2-12H2,1H3,(H,13,14,15);;;1-3H/q;2*+1;-1/p-1. The predicted molar refractivity (Wildman–Crippen MR) is 79.9 cm³/mol. The summed E-state index contributed by atoms with van der Waals surface area (Å²) in [5, 5.41) is 0. The Kier molecular flexibility index (Phi) is 29.6. The van der Waals surface area contributed by atoms with Crippen molar-refractivity contribution in [1.29, 1.82) is 0 Å². The maximum Gasteiger partial charge on any atom is 1.00 e. The molecule has 0 amide bonds. The van der Waals surface area contributed by atoms with Gasteiger partial charge in [-0.1, -0.05) is 64.7 Å². The molecule has 0 bridgehead atoms. The molecule has 0 saturated heterocycles. The molecule has 0 radical (unpaired) electrons. The average Bonchev–Trinajstić information content (AvgIpc) is 2.32. The van der Waals surface area contributed by atoms with Gasteiger partial charge in [0.05, 0.1) is 6.61 Å². The van der Waals surface area contributed by atoms with Crippen molar-refractivity contribution < 1.29 is 95.5 Å². The summed E-state index contributed by atoms with van der Waals surface area (Å²) in [7, 11) is -9.35. The van der Waals surface area contributed by atoms with Crippen LogP contribution < -0.4 is 63.9 Å². The fourth-order valence-electron chi connectivity index (χ4n) is 1.75. The predicted octanol–water partition coefficient (Wildman–Crippen LogP) is -5.85. The van der Waals surface area contributed by atoms with Gasteiger partial charge in [0, 0.05) is 0 Å². The molecule has 0 atom stereocenters. The number of rotatable bonds is 12. The molecular weight excluding hydrogens is 378 g/mol. The third-order valence-electron chi connectivity index (χ3n) is 2.73. The molecule has 0 unspecified atom stereocenters. The fourth-order valence-corrected chi connectivity index (χ4v) is 2.07. The van der Waals surface area contributed by atoms with Crippen LogP contribution in [-0.4, -0.2) is 43.0 Å². The first-order chi connectivity index (χ1) is 10.1. The van der Waals surface area contributed by atoms with E-state index in [0.717, 1.165) is 12.8 Å². The summed E-state index contributed by atoms with van der Waals surface area (Å²) in [4.78, 5) is 30.6. The molecule has 0 aliphatic carbocycles. The van der Waals surface area contributed by atoms with E-state index in [1.54, 1.807) is 0 Å². The fraction of sp³-hybridized carbons (Fsp3) is 1.00. The van der Waals surface area contributed by atoms with Crippen LogP contribution in [0.15, 0.2) is 0 Å². The molecule has 0 saturated carbocycles. The monoisotopic (exact) mass is 406 g/mol. The van der Waals surface area contributed by atoms with Gasteiger partial charge in [-0.3, -0.25) is 4.18 Å². The Morgan fingerprint density at radius 3 is 1.42 bits per heavy atom. The summed E-state index contributed by atoms with van der Waals surface area (Å²) in [5.41, 5.74) is 0. The molecule has 136 valence electrons. The van der Waals surface area contributed by atoms with E-state index in [0.29, 0.717) is 6.42 Å². The number of hydrogen-bond donors (Lipinski definition) is 3. The van der Waals surface area contributed by atoms with Crippen LogP contribution in [0.5, 0.6) is 0 Å². The summed E-state index contributed by atoms with van der Waals surface area (Å²) in [6, 6.07) is 0. The normalized spacial score (nSPS) is 10.9. The maximum atomic E-state index is 10.1. The van der Waals surface area contributed by atoms with Gasteiger partial charge < -0.3 is 23.7 Å². The first-order valence-corrected chi connectivity index (χ1v) is 10.6. The summed E-state index contributed by atoms with van der Waals surface area (Å²) >= 11 is 0. The van der Waals surface area contributed by atoms with Crippen molar-refractivity contribution in [2.24, 2.45) is 0 Å². The Hall–Kier alpha value is 1.93. The quantitative estimate of drug-likeness (QED) is 0.126. The topological polar surface area (TPSA) is 150 Å². The second kappa shape index (κ2) is 21.2. The molecular formula is C12H28Na2O8SSi. The Morgan fingerprint density at radius 1 is 0.833 bits per heavy atom. The SMILES string of the molecule is CCCCCCCCCCCCOS(=O)(=O)[O-].[Na+].[Na+].[O-][Si](O)(O)O. The van der Waals surface area contributed by atoms with E-state index in [2.05, 4.69) is 11.1 Å². The minimum absolute atomic E-state index is 0. The molecule has 0 aromatic heterocycles. The van der Waals surface area contributed by atoms with Crippen molar-refractivity contribution in [3.63, 3.8) is 0 Å². The van der Waals surface area contributed by atoms with Gasteiger partial charge >= 0.3 is 68.2 Å². The first-order valence-electron chi connectivity index (χ1n) is 7.54. The molecule has 3 N–H and O–H groups in total. The molecule has 0 aromatic carbocycles. The summed E-state index contributed by atoms with van der Waals surface area (Å²) in [5.74, 6) is 0. The molecule has 8 nitrogen and oxygen atoms in total. The van der Waals surface area contributed by atoms with Gasteiger partial charge in [-0.15, -0.1) is 0 Å². The van der Waals surface area contributed by atoms with Gasteiger partial charge in [0.25, 0.3) is 0 Å². The van der Waals surface area contributed by atoms with Crippen LogP contribution in [0.2, 0.25) is 0 Å². The van der Waals surface area contributed by atoms with Crippen LogP contribution in [-0.2, 0) is 14.6 Å². The first kappa shape index (κ1) is 33.5. The minimum Gasteiger partial charge on any atom is -0.794 e. The Morgan fingerprint density at radius 2 is 1.12 bits per heavy atom. The van der Waals surface area contributed by atoms with Crippen LogP contribution in [0.1, 0.15) is 71.1 Å². The smallest absolute Gasteiger partial charge is 0.794 e. The third-order valence-corrected chi connectivity index (χ3v) is 3.18. The van der Waals surface area contributed by atoms with E-state index in [-0.39, 0.29) is 65.7 Å². The summed E-state index contributed by atoms with van der Waals surface area (Å²) in [6.45, 7) is 2.24. The van der Waals surface area contributed by atoms with Gasteiger partial charge in [-0.25, -0.2) is 8.42 Å². The average molecular weight is 406 g/mol. The van der Waals surface area contributed by atoms with E-state index >= 15 is 0 Å². The van der Waals surface area contributed by atoms with Crippen molar-refractivity contribution in [3.05, 3.63) is 0 Å². The van der Waals surface area contributed by atoms with E-state index in [4.69, 9.17) is 19.2 Å². The van der Waals surface area contributed by atoms with Crippen molar-refractivity contribution in [2.75, 3.05) is 6.61 Å². The van der Waals surface area contributed by atoms with Gasteiger partial charge in [-0.05, 0) is 6.42 Å². The second-order valence-corrected chi connectivity index (χ2v) is 7.19. The summed E-state index contributed by atoms with van der Waals surface area (Å²) < 4.78 is 34.5. The molecule has 0 aliphatic rings. The zero-order valence-corrected chi connectivity index (χ0v) is 20.9. The Bertz CT molecular complexity index is 332. The molecule has 0 rings (SSSR count). The van der Waals surface area contributed by atoms with Gasteiger partial charge in [0.2, 0.25) is 10.4 Å². The molecule has 0 aliphatic heterocycles. The number of hydrogen-bond acceptors (Lipinski definition) is 8. The second-order valence-electron chi connectivity index (χ2n) is 4.99. The van der Waals surface area contributed by atoms with E-state index < -0.39 is 19.4 Å². The van der Waals surface area contributed by atoms with E-state index in [1.165, 1.54) is 44.9 Å². The van der Waals surface area contributed by atoms with Crippen molar-refractivity contribution in [2.45, 2.75) is 71.1 Å². The minimum atomic E-state index is -4.86. The Balaban J connectivity index is -0.000000250. The van der Waals surface area contributed by atoms with Crippen LogP contribution in [0, 0.1) is 0 Å². The largest absolute Gasteiger partial charge is 1.00 e. The molecule has 0 aromatic rings. The zero-order valence-electron chi connectivity index (χ0n) is 15.1. The van der Waals surface area contributed by atoms with Crippen molar-refractivity contribution in [3.8, 4) is 0 Å². The van der Waals surface area contributed by atoms with Gasteiger partial charge in [0.1, 0.15) is 0 Å². The van der Waals surface area contributed by atoms with Crippen LogP contribution in [0.25, 0.3) is 0 Å². The van der Waals surface area contributed by atoms with Crippen LogP contribution >= 0.6 is 0 Å². The van der Waals surface area contributed by atoms with Gasteiger partial charge in [0.15, 0.2) is 0 Å². The molecule has 0 fully saturated rings. The molecule has 12 heteroatoms. The molecule has 24 heavy (non-hydrogen) atoms. The van der Waals surface area contributed by atoms with Crippen molar-refractivity contribution >= 4 is 19.4 Å². The molecule has 0 spiro atoms. The maximum absolute atomic E-state index is 10.1. The van der Waals surface area contributed by atoms with E-state index in [1.807, 2.05) is 0 Å². The summed E-state index contributed by atoms with van der Waals surface area (Å²) in [6.07, 6.45) is 11.7. The van der Waals surface area contributed by atoms with Gasteiger partial charge in [-0.2, -0.15) is 0 Å². The van der Waals surface area contributed by atoms with Crippen LogP contribution in [0.4, 0.5) is 0 Å².